The minimum absolute atomic E-state index is 0.196. The topological polar surface area (TPSA) is 56.1 Å². The Balaban J connectivity index is 1.32. The number of aromatic nitrogens is 2. The van der Waals surface area contributed by atoms with Gasteiger partial charge in [0.05, 0.1) is 17.6 Å². The first-order valence-electron chi connectivity index (χ1n) is 11.6. The predicted molar refractivity (Wildman–Crippen MR) is 124 cm³/mol. The zero-order chi connectivity index (χ0) is 21.6. The highest BCUT2D eigenvalue weighted by molar-refractivity contribution is 5.80. The van der Waals surface area contributed by atoms with Crippen molar-refractivity contribution < 1.29 is 9.53 Å². The van der Waals surface area contributed by atoms with Gasteiger partial charge >= 0.3 is 0 Å². The molecule has 0 atom stereocenters. The van der Waals surface area contributed by atoms with Crippen LogP contribution in [0.2, 0.25) is 0 Å². The molecule has 0 aliphatic heterocycles. The van der Waals surface area contributed by atoms with Gasteiger partial charge in [-0.3, -0.25) is 4.79 Å². The van der Waals surface area contributed by atoms with Crippen molar-refractivity contribution in [3.8, 4) is 5.75 Å². The summed E-state index contributed by atoms with van der Waals surface area (Å²) in [5.74, 6) is 2.94. The van der Waals surface area contributed by atoms with Gasteiger partial charge in [0.15, 0.2) is 0 Å². The molecule has 1 aliphatic carbocycles. The number of amides is 1. The van der Waals surface area contributed by atoms with E-state index in [0.29, 0.717) is 19.1 Å². The van der Waals surface area contributed by atoms with Crippen LogP contribution in [0.15, 0.2) is 48.5 Å². The highest BCUT2D eigenvalue weighted by Gasteiger charge is 2.29. The van der Waals surface area contributed by atoms with Gasteiger partial charge in [-0.15, -0.1) is 0 Å². The van der Waals surface area contributed by atoms with E-state index < -0.39 is 0 Å². The van der Waals surface area contributed by atoms with Crippen molar-refractivity contribution in [1.82, 2.24) is 14.9 Å². The van der Waals surface area contributed by atoms with Gasteiger partial charge < -0.3 is 14.6 Å². The molecule has 5 nitrogen and oxygen atoms in total. The van der Waals surface area contributed by atoms with Crippen molar-refractivity contribution in [3.63, 3.8) is 0 Å². The Kier molecular flexibility index (Phi) is 6.90. The second kappa shape index (κ2) is 9.99. The van der Waals surface area contributed by atoms with Gasteiger partial charge in [-0.1, -0.05) is 44.2 Å². The van der Waals surface area contributed by atoms with E-state index in [2.05, 4.69) is 60.1 Å². The van der Waals surface area contributed by atoms with Crippen molar-refractivity contribution in [2.24, 2.45) is 5.92 Å². The van der Waals surface area contributed by atoms with Gasteiger partial charge in [-0.05, 0) is 55.4 Å². The van der Waals surface area contributed by atoms with E-state index >= 15 is 0 Å². The lowest BCUT2D eigenvalue weighted by molar-refractivity contribution is -0.122. The van der Waals surface area contributed by atoms with Crippen molar-refractivity contribution in [3.05, 3.63) is 59.9 Å². The molecule has 1 aromatic heterocycles. The number of aryl methyl sites for hydroxylation is 1. The van der Waals surface area contributed by atoms with Gasteiger partial charge in [0.25, 0.3) is 0 Å². The molecule has 0 bridgehead atoms. The van der Waals surface area contributed by atoms with Crippen LogP contribution in [0, 0.1) is 5.92 Å². The lowest BCUT2D eigenvalue weighted by Gasteiger charge is -2.14. The molecular formula is C26H33N3O2. The molecule has 4 rings (SSSR count). The number of nitrogens with one attached hydrogen (secondary N) is 1. The van der Waals surface area contributed by atoms with Crippen LogP contribution in [0.4, 0.5) is 0 Å². The number of nitrogens with zero attached hydrogens (tertiary/aromatic N) is 2. The maximum atomic E-state index is 11.9. The van der Waals surface area contributed by atoms with Crippen LogP contribution in [0.5, 0.6) is 5.75 Å². The van der Waals surface area contributed by atoms with Gasteiger partial charge in [-0.2, -0.15) is 0 Å². The summed E-state index contributed by atoms with van der Waals surface area (Å²) < 4.78 is 8.39. The van der Waals surface area contributed by atoms with Crippen LogP contribution in [0.3, 0.4) is 0 Å². The van der Waals surface area contributed by atoms with Gasteiger partial charge in [0, 0.05) is 25.4 Å². The van der Waals surface area contributed by atoms with E-state index in [4.69, 9.17) is 9.72 Å². The molecule has 0 radical (unpaired) electrons. The number of para-hydroxylation sites is 3. The number of carbonyl (C=O) groups excluding carboxylic acids is 1. The zero-order valence-corrected chi connectivity index (χ0v) is 18.6. The van der Waals surface area contributed by atoms with E-state index in [-0.39, 0.29) is 11.8 Å². The maximum Gasteiger partial charge on any atom is 0.223 e. The third-order valence-electron chi connectivity index (χ3n) is 5.90. The standard InChI is InChI=1S/C26H33N3O2/c1-19(2)21-9-3-6-12-24(21)31-18-8-7-17-29-23-11-5-4-10-22(23)28-25(29)15-16-27-26(30)20-13-14-20/h3-6,9-12,19-20H,7-8,13-18H2,1-2H3,(H,27,30). The van der Waals surface area contributed by atoms with E-state index in [0.717, 1.165) is 61.3 Å². The molecular weight excluding hydrogens is 386 g/mol. The highest BCUT2D eigenvalue weighted by Crippen LogP contribution is 2.28. The fourth-order valence-electron chi connectivity index (χ4n) is 4.00. The quantitative estimate of drug-likeness (QED) is 0.441. The van der Waals surface area contributed by atoms with E-state index in [1.54, 1.807) is 0 Å². The second-order valence-corrected chi connectivity index (χ2v) is 8.73. The Morgan fingerprint density at radius 2 is 1.90 bits per heavy atom. The number of rotatable bonds is 11. The van der Waals surface area contributed by atoms with Crippen LogP contribution in [0.25, 0.3) is 11.0 Å². The molecule has 164 valence electrons. The summed E-state index contributed by atoms with van der Waals surface area (Å²) in [6.07, 6.45) is 4.83. The number of benzene rings is 2. The number of carbonyl (C=O) groups is 1. The minimum Gasteiger partial charge on any atom is -0.493 e. The first-order chi connectivity index (χ1) is 15.1. The molecule has 1 heterocycles. The average molecular weight is 420 g/mol. The zero-order valence-electron chi connectivity index (χ0n) is 18.6. The highest BCUT2D eigenvalue weighted by atomic mass is 16.5. The van der Waals surface area contributed by atoms with E-state index in [9.17, 15) is 4.79 Å². The van der Waals surface area contributed by atoms with E-state index in [1.165, 1.54) is 5.56 Å². The Hall–Kier alpha value is -2.82. The van der Waals surface area contributed by atoms with Gasteiger partial charge in [0.2, 0.25) is 5.91 Å². The molecule has 0 saturated heterocycles. The molecule has 3 aromatic rings. The number of hydrogen-bond donors (Lipinski definition) is 1. The molecule has 31 heavy (non-hydrogen) atoms. The molecule has 0 unspecified atom stereocenters. The molecule has 1 aliphatic rings. The molecule has 1 saturated carbocycles. The molecule has 0 spiro atoms. The molecule has 2 aromatic carbocycles. The van der Waals surface area contributed by atoms with Crippen molar-refractivity contribution in [1.29, 1.82) is 0 Å². The lowest BCUT2D eigenvalue weighted by atomic mass is 10.0. The van der Waals surface area contributed by atoms with E-state index in [1.807, 2.05) is 12.1 Å². The third kappa shape index (κ3) is 5.46. The average Bonchev–Trinajstić information content (AvgIpc) is 3.57. The van der Waals surface area contributed by atoms with Gasteiger partial charge in [-0.25, -0.2) is 4.98 Å². The van der Waals surface area contributed by atoms with Crippen LogP contribution >= 0.6 is 0 Å². The van der Waals surface area contributed by atoms with Crippen LogP contribution in [-0.4, -0.2) is 28.6 Å². The molecule has 1 fully saturated rings. The first kappa shape index (κ1) is 21.4. The predicted octanol–water partition coefficient (Wildman–Crippen LogP) is 5.09. The van der Waals surface area contributed by atoms with Crippen molar-refractivity contribution in [2.45, 2.75) is 58.4 Å². The number of imidazole rings is 1. The smallest absolute Gasteiger partial charge is 0.223 e. The summed E-state index contributed by atoms with van der Waals surface area (Å²) in [6.45, 7) is 6.65. The number of unbranched alkanes of at least 4 members (excludes halogenated alkanes) is 1. The second-order valence-electron chi connectivity index (χ2n) is 8.73. The number of fused-ring (bicyclic) bond motifs is 1. The number of hydrogen-bond acceptors (Lipinski definition) is 3. The van der Waals surface area contributed by atoms with Crippen molar-refractivity contribution in [2.75, 3.05) is 13.2 Å². The largest absolute Gasteiger partial charge is 0.493 e. The normalized spacial score (nSPS) is 13.6. The first-order valence-corrected chi connectivity index (χ1v) is 11.6. The SMILES string of the molecule is CC(C)c1ccccc1OCCCCn1c(CCNC(=O)C2CC2)nc2ccccc21. The monoisotopic (exact) mass is 419 g/mol. The minimum atomic E-state index is 0.196. The summed E-state index contributed by atoms with van der Waals surface area (Å²) in [5.41, 5.74) is 3.45. The fourth-order valence-corrected chi connectivity index (χ4v) is 4.00. The molecule has 1 N–H and O–H groups in total. The lowest BCUT2D eigenvalue weighted by Crippen LogP contribution is -2.27. The summed E-state index contributed by atoms with van der Waals surface area (Å²) >= 11 is 0. The Morgan fingerprint density at radius 3 is 2.71 bits per heavy atom. The summed E-state index contributed by atoms with van der Waals surface area (Å²) in [4.78, 5) is 16.8. The van der Waals surface area contributed by atoms with Gasteiger partial charge in [0.1, 0.15) is 11.6 Å². The molecule has 5 heteroatoms. The maximum absolute atomic E-state index is 11.9. The Morgan fingerprint density at radius 1 is 1.13 bits per heavy atom. The van der Waals surface area contributed by atoms with Crippen LogP contribution in [0.1, 0.15) is 56.8 Å². The summed E-state index contributed by atoms with van der Waals surface area (Å²) in [5, 5.41) is 3.06. The number of ether oxygens (including phenoxy) is 1. The summed E-state index contributed by atoms with van der Waals surface area (Å²) in [7, 11) is 0. The van der Waals surface area contributed by atoms with Crippen LogP contribution in [-0.2, 0) is 17.8 Å². The molecule has 1 amide bonds. The summed E-state index contributed by atoms with van der Waals surface area (Å²) in [6, 6.07) is 16.6. The Bertz CT molecular complexity index is 1020. The van der Waals surface area contributed by atoms with Crippen molar-refractivity contribution >= 4 is 16.9 Å². The third-order valence-corrected chi connectivity index (χ3v) is 5.90. The fraction of sp³-hybridized carbons (Fsp3) is 0.462. The van der Waals surface area contributed by atoms with Crippen LogP contribution < -0.4 is 10.1 Å². The Labute approximate surface area is 184 Å².